The summed E-state index contributed by atoms with van der Waals surface area (Å²) in [7, 11) is 3.97. The van der Waals surface area contributed by atoms with Crippen LogP contribution in [0.25, 0.3) is 0 Å². The van der Waals surface area contributed by atoms with E-state index in [1.165, 1.54) is 19.3 Å². The second-order valence-electron chi connectivity index (χ2n) is 2.27. The summed E-state index contributed by atoms with van der Waals surface area (Å²) in [5.74, 6) is 0. The lowest BCUT2D eigenvalue weighted by molar-refractivity contribution is 0.447. The monoisotopic (exact) mass is 166 g/mol. The first-order chi connectivity index (χ1) is 4.35. The smallest absolute Gasteiger partial charge is 0.0566 e. The summed E-state index contributed by atoms with van der Waals surface area (Å²) in [4.78, 5) is 0. The molecule has 64 valence electrons. The van der Waals surface area contributed by atoms with Crippen LogP contribution in [0.15, 0.2) is 0 Å². The molecule has 0 rings (SSSR count). The molecule has 0 atom stereocenters. The van der Waals surface area contributed by atoms with Crippen molar-refractivity contribution in [3.8, 4) is 0 Å². The van der Waals surface area contributed by atoms with Crippen LogP contribution in [-0.2, 0) is 0 Å². The second kappa shape index (κ2) is 9.21. The molecule has 0 unspecified atom stereocenters. The van der Waals surface area contributed by atoms with Crippen LogP contribution in [-0.4, -0.2) is 20.3 Å². The fourth-order valence-electron chi connectivity index (χ4n) is 0.841. The molecule has 0 amide bonds. The first-order valence-electron chi connectivity index (χ1n) is 3.69. The zero-order valence-corrected chi connectivity index (χ0v) is 7.92. The van der Waals surface area contributed by atoms with Gasteiger partial charge >= 0.3 is 0 Å². The topological polar surface area (TPSA) is 24.1 Å². The molecule has 0 fully saturated rings. The van der Waals surface area contributed by atoms with Crippen LogP contribution >= 0.6 is 12.4 Å². The minimum absolute atomic E-state index is 0. The summed E-state index contributed by atoms with van der Waals surface area (Å²) in [6.07, 6.45) is 4.31. The highest BCUT2D eigenvalue weighted by molar-refractivity contribution is 5.85. The fourth-order valence-corrected chi connectivity index (χ4v) is 0.841. The normalized spacial score (nSPS) is 9.60. The number of unbranched alkanes of at least 4 members (excludes halogenated alkanes) is 1. The largest absolute Gasteiger partial charge is 0.305 e. The van der Waals surface area contributed by atoms with E-state index < -0.39 is 0 Å². The third-order valence-electron chi connectivity index (χ3n) is 1.54. The number of hydrogen-bond acceptors (Lipinski definition) is 2. The molecule has 0 aromatic carbocycles. The van der Waals surface area contributed by atoms with Crippen molar-refractivity contribution in [2.24, 2.45) is 0 Å². The van der Waals surface area contributed by atoms with Gasteiger partial charge in [-0.05, 0) is 20.5 Å². The molecule has 0 aromatic heterocycles. The van der Waals surface area contributed by atoms with Gasteiger partial charge in [0.1, 0.15) is 0 Å². The Hall–Kier alpha value is 0.210. The molecular weight excluding hydrogens is 148 g/mol. The van der Waals surface area contributed by atoms with Gasteiger partial charge in [-0.2, -0.15) is 0 Å². The van der Waals surface area contributed by atoms with Gasteiger partial charge in [0.2, 0.25) is 0 Å². The zero-order chi connectivity index (χ0) is 7.11. The number of halogens is 1. The quantitative estimate of drug-likeness (QED) is 0.603. The van der Waals surface area contributed by atoms with Gasteiger partial charge in [-0.1, -0.05) is 19.8 Å². The summed E-state index contributed by atoms with van der Waals surface area (Å²) in [6, 6.07) is 0. The Morgan fingerprint density at radius 1 is 1.20 bits per heavy atom. The van der Waals surface area contributed by atoms with Crippen molar-refractivity contribution in [3.63, 3.8) is 0 Å². The Bertz CT molecular complexity index is 55.6. The number of rotatable bonds is 5. The molecule has 0 aliphatic carbocycles. The van der Waals surface area contributed by atoms with Crippen LogP contribution in [0.1, 0.15) is 26.2 Å². The van der Waals surface area contributed by atoms with Gasteiger partial charge < -0.3 is 10.6 Å². The summed E-state index contributed by atoms with van der Waals surface area (Å²) < 4.78 is 0. The highest BCUT2D eigenvalue weighted by Crippen LogP contribution is 1.95. The zero-order valence-electron chi connectivity index (χ0n) is 7.11. The van der Waals surface area contributed by atoms with Gasteiger partial charge in [0.05, 0.1) is 6.17 Å². The Morgan fingerprint density at radius 3 is 2.00 bits per heavy atom. The predicted molar refractivity (Wildman–Crippen MR) is 48.7 cm³/mol. The first kappa shape index (κ1) is 12.8. The second-order valence-corrected chi connectivity index (χ2v) is 2.27. The molecular formula is C7H19ClN2. The van der Waals surface area contributed by atoms with Crippen molar-refractivity contribution in [3.05, 3.63) is 0 Å². The maximum atomic E-state index is 3.18. The van der Waals surface area contributed by atoms with Crippen molar-refractivity contribution < 1.29 is 0 Å². The maximum Gasteiger partial charge on any atom is 0.0566 e. The Balaban J connectivity index is 0. The molecule has 0 saturated heterocycles. The lowest BCUT2D eigenvalue weighted by atomic mass is 10.2. The molecule has 0 aliphatic rings. The van der Waals surface area contributed by atoms with Crippen LogP contribution in [0, 0.1) is 0 Å². The minimum atomic E-state index is 0. The highest BCUT2D eigenvalue weighted by Gasteiger charge is 1.98. The summed E-state index contributed by atoms with van der Waals surface area (Å²) in [5, 5.41) is 6.35. The number of nitrogens with one attached hydrogen (secondary N) is 2. The van der Waals surface area contributed by atoms with Crippen molar-refractivity contribution >= 4 is 12.4 Å². The third-order valence-corrected chi connectivity index (χ3v) is 1.54. The van der Waals surface area contributed by atoms with Crippen LogP contribution in [0.5, 0.6) is 0 Å². The SMILES string of the molecule is CCCCC(NC)NC.Cl. The van der Waals surface area contributed by atoms with Crippen LogP contribution in [0.3, 0.4) is 0 Å². The Kier molecular flexibility index (Phi) is 11.8. The Morgan fingerprint density at radius 2 is 1.70 bits per heavy atom. The lowest BCUT2D eigenvalue weighted by Crippen LogP contribution is -2.37. The first-order valence-corrected chi connectivity index (χ1v) is 3.69. The molecule has 0 bridgehead atoms. The van der Waals surface area contributed by atoms with E-state index in [-0.39, 0.29) is 12.4 Å². The van der Waals surface area contributed by atoms with Gasteiger partial charge in [0.15, 0.2) is 0 Å². The van der Waals surface area contributed by atoms with Crippen molar-refractivity contribution in [1.82, 2.24) is 10.6 Å². The van der Waals surface area contributed by atoms with E-state index >= 15 is 0 Å². The van der Waals surface area contributed by atoms with Crippen LogP contribution < -0.4 is 10.6 Å². The molecule has 10 heavy (non-hydrogen) atoms. The minimum Gasteiger partial charge on any atom is -0.305 e. The maximum absolute atomic E-state index is 3.18. The van der Waals surface area contributed by atoms with E-state index in [0.29, 0.717) is 6.17 Å². The average molecular weight is 167 g/mol. The Labute approximate surface area is 70.2 Å². The molecule has 0 aromatic rings. The van der Waals surface area contributed by atoms with E-state index in [4.69, 9.17) is 0 Å². The predicted octanol–water partition coefficient (Wildman–Crippen LogP) is 1.36. The molecule has 2 N–H and O–H groups in total. The van der Waals surface area contributed by atoms with E-state index in [1.54, 1.807) is 0 Å². The van der Waals surface area contributed by atoms with Crippen molar-refractivity contribution in [1.29, 1.82) is 0 Å². The molecule has 0 spiro atoms. The number of hydrogen-bond donors (Lipinski definition) is 2. The standard InChI is InChI=1S/C7H18N2.ClH/c1-4-5-6-7(8-2)9-3;/h7-9H,4-6H2,1-3H3;1H. The molecule has 0 aliphatic heterocycles. The molecule has 0 saturated carbocycles. The van der Waals surface area contributed by atoms with Gasteiger partial charge in [-0.25, -0.2) is 0 Å². The summed E-state index contributed by atoms with van der Waals surface area (Å²) in [5.41, 5.74) is 0. The van der Waals surface area contributed by atoms with E-state index in [9.17, 15) is 0 Å². The van der Waals surface area contributed by atoms with Crippen LogP contribution in [0.2, 0.25) is 0 Å². The summed E-state index contributed by atoms with van der Waals surface area (Å²) in [6.45, 7) is 2.21. The molecule has 0 radical (unpaired) electrons. The van der Waals surface area contributed by atoms with Gasteiger partial charge in [0.25, 0.3) is 0 Å². The summed E-state index contributed by atoms with van der Waals surface area (Å²) >= 11 is 0. The van der Waals surface area contributed by atoms with Crippen molar-refractivity contribution in [2.75, 3.05) is 14.1 Å². The molecule has 0 heterocycles. The van der Waals surface area contributed by atoms with Crippen LogP contribution in [0.4, 0.5) is 0 Å². The average Bonchev–Trinajstić information content (AvgIpc) is 1.91. The van der Waals surface area contributed by atoms with E-state index in [2.05, 4.69) is 17.6 Å². The van der Waals surface area contributed by atoms with E-state index in [1.807, 2.05) is 14.1 Å². The van der Waals surface area contributed by atoms with Gasteiger partial charge in [-0.15, -0.1) is 12.4 Å². The highest BCUT2D eigenvalue weighted by atomic mass is 35.5. The lowest BCUT2D eigenvalue weighted by Gasteiger charge is -2.13. The van der Waals surface area contributed by atoms with Gasteiger partial charge in [0, 0.05) is 0 Å². The van der Waals surface area contributed by atoms with Crippen molar-refractivity contribution in [2.45, 2.75) is 32.4 Å². The molecule has 2 nitrogen and oxygen atoms in total. The molecule has 3 heteroatoms. The third kappa shape index (κ3) is 6.33. The van der Waals surface area contributed by atoms with E-state index in [0.717, 1.165) is 0 Å². The fraction of sp³-hybridized carbons (Fsp3) is 1.00. The van der Waals surface area contributed by atoms with Gasteiger partial charge in [-0.3, -0.25) is 0 Å².